The van der Waals surface area contributed by atoms with E-state index in [-0.39, 0.29) is 11.6 Å². The third-order valence-electron chi connectivity index (χ3n) is 4.86. The summed E-state index contributed by atoms with van der Waals surface area (Å²) in [7, 11) is 0. The molecule has 0 radical (unpaired) electrons. The van der Waals surface area contributed by atoms with Crippen molar-refractivity contribution in [1.29, 1.82) is 0 Å². The number of carbonyl (C=O) groups excluding carboxylic acids is 2. The zero-order valence-electron chi connectivity index (χ0n) is 17.6. The van der Waals surface area contributed by atoms with Crippen molar-refractivity contribution < 1.29 is 9.59 Å². The number of ketones is 2. The minimum Gasteiger partial charge on any atom is -0.295 e. The number of Topliss-reactive ketones (excluding diaryl/α,β-unsaturated/α-hetero) is 2. The topological polar surface area (TPSA) is 34.1 Å². The van der Waals surface area contributed by atoms with Gasteiger partial charge in [-0.15, -0.1) is 0 Å². The molecule has 0 heterocycles. The van der Waals surface area contributed by atoms with Gasteiger partial charge < -0.3 is 0 Å². The Balaban J connectivity index is 2.43. The van der Waals surface area contributed by atoms with Crippen molar-refractivity contribution in [3.8, 4) is 11.1 Å². The Hall–Kier alpha value is -2.74. The zero-order chi connectivity index (χ0) is 20.7. The van der Waals surface area contributed by atoms with Crippen molar-refractivity contribution in [3.05, 3.63) is 82.5 Å². The van der Waals surface area contributed by atoms with Crippen LogP contribution in [0, 0.1) is 0 Å². The van der Waals surface area contributed by atoms with Crippen molar-refractivity contribution in [1.82, 2.24) is 0 Å². The van der Waals surface area contributed by atoms with Crippen LogP contribution in [0.25, 0.3) is 11.1 Å². The van der Waals surface area contributed by atoms with E-state index < -0.39 is 0 Å². The van der Waals surface area contributed by atoms with Gasteiger partial charge in [-0.1, -0.05) is 53.6 Å². The Morgan fingerprint density at radius 3 is 1.86 bits per heavy atom. The van der Waals surface area contributed by atoms with Gasteiger partial charge in [-0.25, -0.2) is 0 Å². The average Bonchev–Trinajstić information content (AvgIpc) is 2.65. The summed E-state index contributed by atoms with van der Waals surface area (Å²) < 4.78 is 0. The summed E-state index contributed by atoms with van der Waals surface area (Å²) in [5.74, 6) is -0.0169. The molecule has 2 heteroatoms. The lowest BCUT2D eigenvalue weighted by atomic mass is 9.89. The monoisotopic (exact) mass is 374 g/mol. The lowest BCUT2D eigenvalue weighted by molar-refractivity contribution is 0.101. The maximum Gasteiger partial charge on any atom is 0.160 e. The fourth-order valence-electron chi connectivity index (χ4n) is 3.28. The van der Waals surface area contributed by atoms with Crippen LogP contribution in [0.4, 0.5) is 0 Å². The molecule has 146 valence electrons. The molecule has 0 saturated carbocycles. The Bertz CT molecular complexity index is 876. The molecular weight excluding hydrogens is 344 g/mol. The van der Waals surface area contributed by atoms with Crippen LogP contribution >= 0.6 is 0 Å². The first-order chi connectivity index (χ1) is 13.3. The van der Waals surface area contributed by atoms with Gasteiger partial charge in [0.1, 0.15) is 0 Å². The fourth-order valence-corrected chi connectivity index (χ4v) is 3.28. The van der Waals surface area contributed by atoms with Gasteiger partial charge in [-0.05, 0) is 82.7 Å². The Morgan fingerprint density at radius 2 is 1.36 bits per heavy atom. The molecule has 0 saturated heterocycles. The summed E-state index contributed by atoms with van der Waals surface area (Å²) in [4.78, 5) is 24.8. The maximum absolute atomic E-state index is 12.4. The standard InChI is InChI=1S/C26H30O2/c1-18(2)10-9-11-19(3)14-15-24-25(20(4)27)16-23(17-26(24)21(5)28)22-12-7-6-8-13-22/h6-8,10,12-14,16-17H,9,11,15H2,1-5H3. The summed E-state index contributed by atoms with van der Waals surface area (Å²) in [5, 5.41) is 0. The number of hydrogen-bond acceptors (Lipinski definition) is 2. The smallest absolute Gasteiger partial charge is 0.160 e. The molecule has 0 N–H and O–H groups in total. The zero-order valence-corrected chi connectivity index (χ0v) is 17.6. The molecule has 0 aliphatic rings. The van der Waals surface area contributed by atoms with Crippen LogP contribution < -0.4 is 0 Å². The predicted octanol–water partition coefficient (Wildman–Crippen LogP) is 6.99. The second kappa shape index (κ2) is 9.98. The molecule has 0 amide bonds. The SMILES string of the molecule is CC(=O)c1cc(-c2ccccc2)cc(C(C)=O)c1CC=C(C)CCC=C(C)C. The van der Waals surface area contributed by atoms with Gasteiger partial charge in [0.2, 0.25) is 0 Å². The highest BCUT2D eigenvalue weighted by Crippen LogP contribution is 2.28. The second-order valence-electron chi connectivity index (χ2n) is 7.60. The van der Waals surface area contributed by atoms with E-state index in [0.29, 0.717) is 17.5 Å². The molecule has 0 atom stereocenters. The van der Waals surface area contributed by atoms with Crippen molar-refractivity contribution in [2.75, 3.05) is 0 Å². The van der Waals surface area contributed by atoms with Crippen molar-refractivity contribution in [2.24, 2.45) is 0 Å². The van der Waals surface area contributed by atoms with Crippen LogP contribution in [0.1, 0.15) is 73.7 Å². The molecule has 0 aliphatic carbocycles. The molecule has 2 aromatic carbocycles. The van der Waals surface area contributed by atoms with Crippen LogP contribution in [-0.4, -0.2) is 11.6 Å². The minimum atomic E-state index is -0.00845. The first kappa shape index (κ1) is 21.6. The van der Waals surface area contributed by atoms with Crippen LogP contribution in [0.15, 0.2) is 65.8 Å². The molecule has 0 unspecified atom stereocenters. The normalized spacial score (nSPS) is 11.2. The molecule has 2 rings (SSSR count). The van der Waals surface area contributed by atoms with Gasteiger partial charge >= 0.3 is 0 Å². The number of hydrogen-bond donors (Lipinski definition) is 0. The molecule has 0 fully saturated rings. The van der Waals surface area contributed by atoms with Crippen molar-refractivity contribution in [3.63, 3.8) is 0 Å². The van der Waals surface area contributed by atoms with Gasteiger partial charge in [0.25, 0.3) is 0 Å². The van der Waals surface area contributed by atoms with E-state index in [2.05, 4.69) is 32.9 Å². The molecule has 2 aromatic rings. The molecule has 0 aliphatic heterocycles. The third kappa shape index (κ3) is 5.88. The first-order valence-corrected chi connectivity index (χ1v) is 9.82. The maximum atomic E-state index is 12.4. The van der Waals surface area contributed by atoms with Crippen LogP contribution in [0.5, 0.6) is 0 Å². The van der Waals surface area contributed by atoms with E-state index in [4.69, 9.17) is 0 Å². The highest BCUT2D eigenvalue weighted by molar-refractivity contribution is 6.04. The summed E-state index contributed by atoms with van der Waals surface area (Å²) in [6.45, 7) is 9.46. The Morgan fingerprint density at radius 1 is 0.786 bits per heavy atom. The van der Waals surface area contributed by atoms with Gasteiger partial charge in [-0.3, -0.25) is 9.59 Å². The largest absolute Gasteiger partial charge is 0.295 e. The summed E-state index contributed by atoms with van der Waals surface area (Å²) >= 11 is 0. The van der Waals surface area contributed by atoms with Crippen LogP contribution in [-0.2, 0) is 6.42 Å². The highest BCUT2D eigenvalue weighted by atomic mass is 16.1. The highest BCUT2D eigenvalue weighted by Gasteiger charge is 2.17. The lowest BCUT2D eigenvalue weighted by Gasteiger charge is -2.14. The van der Waals surface area contributed by atoms with Gasteiger partial charge in [-0.2, -0.15) is 0 Å². The summed E-state index contributed by atoms with van der Waals surface area (Å²) in [6.07, 6.45) is 6.97. The van der Waals surface area contributed by atoms with E-state index in [0.717, 1.165) is 29.5 Å². The molecule has 2 nitrogen and oxygen atoms in total. The van der Waals surface area contributed by atoms with Crippen molar-refractivity contribution in [2.45, 2.75) is 53.9 Å². The molecule has 28 heavy (non-hydrogen) atoms. The van der Waals surface area contributed by atoms with Crippen molar-refractivity contribution >= 4 is 11.6 Å². The third-order valence-corrected chi connectivity index (χ3v) is 4.86. The number of carbonyl (C=O) groups is 2. The van der Waals surface area contributed by atoms with Crippen LogP contribution in [0.3, 0.4) is 0 Å². The van der Waals surface area contributed by atoms with Gasteiger partial charge in [0.15, 0.2) is 11.6 Å². The summed E-state index contributed by atoms with van der Waals surface area (Å²) in [5.41, 5.74) is 6.62. The Labute approximate surface area is 169 Å². The number of rotatable bonds is 8. The number of allylic oxidation sites excluding steroid dienone is 4. The van der Waals surface area contributed by atoms with Crippen LogP contribution in [0.2, 0.25) is 0 Å². The number of benzene rings is 2. The first-order valence-electron chi connectivity index (χ1n) is 9.82. The molecule has 0 bridgehead atoms. The Kier molecular flexibility index (Phi) is 7.69. The van der Waals surface area contributed by atoms with E-state index in [9.17, 15) is 9.59 Å². The second-order valence-corrected chi connectivity index (χ2v) is 7.60. The summed E-state index contributed by atoms with van der Waals surface area (Å²) in [6, 6.07) is 13.7. The van der Waals surface area contributed by atoms with Gasteiger partial charge in [0.05, 0.1) is 0 Å². The minimum absolute atomic E-state index is 0.00845. The van der Waals surface area contributed by atoms with E-state index in [1.165, 1.54) is 11.1 Å². The lowest BCUT2D eigenvalue weighted by Crippen LogP contribution is -2.08. The van der Waals surface area contributed by atoms with Gasteiger partial charge in [0, 0.05) is 11.1 Å². The van der Waals surface area contributed by atoms with E-state index in [1.807, 2.05) is 42.5 Å². The molecule has 0 spiro atoms. The fraction of sp³-hybridized carbons (Fsp3) is 0.308. The average molecular weight is 375 g/mol. The van der Waals surface area contributed by atoms with E-state index in [1.54, 1.807) is 13.8 Å². The molecular formula is C26H30O2. The predicted molar refractivity (Wildman–Crippen MR) is 118 cm³/mol. The van der Waals surface area contributed by atoms with E-state index >= 15 is 0 Å². The quantitative estimate of drug-likeness (QED) is 0.368. The molecule has 0 aromatic heterocycles.